The highest BCUT2D eigenvalue weighted by molar-refractivity contribution is 5.75. The summed E-state index contributed by atoms with van der Waals surface area (Å²) in [4.78, 5) is 15.7. The van der Waals surface area contributed by atoms with Crippen LogP contribution >= 0.6 is 0 Å². The quantitative estimate of drug-likeness (QED) is 0.658. The van der Waals surface area contributed by atoms with Crippen LogP contribution in [0.25, 0.3) is 11.4 Å². The molecule has 0 fully saturated rings. The molecule has 0 saturated carbocycles. The van der Waals surface area contributed by atoms with Crippen molar-refractivity contribution in [1.82, 2.24) is 25.1 Å². The summed E-state index contributed by atoms with van der Waals surface area (Å²) in [7, 11) is 0. The van der Waals surface area contributed by atoms with E-state index in [9.17, 15) is 4.79 Å². The van der Waals surface area contributed by atoms with Crippen molar-refractivity contribution in [3.05, 3.63) is 65.7 Å². The van der Waals surface area contributed by atoms with Crippen molar-refractivity contribution < 1.29 is 4.79 Å². The van der Waals surface area contributed by atoms with E-state index in [1.807, 2.05) is 49.4 Å². The molecule has 26 heavy (non-hydrogen) atoms. The normalized spacial score (nSPS) is 10.7. The molecule has 3 rings (SSSR count). The number of amides is 1. The molecule has 6 nitrogen and oxygen atoms in total. The summed E-state index contributed by atoms with van der Waals surface area (Å²) in [5.74, 6) is 0.508. The maximum atomic E-state index is 12.6. The van der Waals surface area contributed by atoms with E-state index in [1.54, 1.807) is 4.90 Å². The predicted molar refractivity (Wildman–Crippen MR) is 100 cm³/mol. The highest BCUT2D eigenvalue weighted by atomic mass is 16.2. The fraction of sp³-hybridized carbons (Fsp3) is 0.300. The van der Waals surface area contributed by atoms with Crippen molar-refractivity contribution >= 4 is 5.91 Å². The second-order valence-electron chi connectivity index (χ2n) is 6.09. The number of carbonyl (C=O) groups is 1. The van der Waals surface area contributed by atoms with Gasteiger partial charge in [0.15, 0.2) is 0 Å². The van der Waals surface area contributed by atoms with Crippen LogP contribution in [0.3, 0.4) is 0 Å². The minimum atomic E-state index is -0.0263. The highest BCUT2D eigenvalue weighted by Gasteiger charge is 2.15. The number of aromatic nitrogens is 4. The van der Waals surface area contributed by atoms with Crippen molar-refractivity contribution in [2.24, 2.45) is 0 Å². The fourth-order valence-corrected chi connectivity index (χ4v) is 2.72. The van der Waals surface area contributed by atoms with E-state index >= 15 is 0 Å². The number of aryl methyl sites for hydroxylation is 1. The zero-order valence-electron chi connectivity index (χ0n) is 15.2. The Morgan fingerprint density at radius 2 is 1.73 bits per heavy atom. The minimum absolute atomic E-state index is 0.0263. The Hall–Kier alpha value is -3.02. The third-order valence-corrected chi connectivity index (χ3v) is 4.30. The van der Waals surface area contributed by atoms with Crippen LogP contribution in [-0.2, 0) is 24.3 Å². The average Bonchev–Trinajstić information content (AvgIpc) is 3.15. The molecule has 0 N–H and O–H groups in total. The van der Waals surface area contributed by atoms with Gasteiger partial charge >= 0.3 is 0 Å². The van der Waals surface area contributed by atoms with E-state index in [0.29, 0.717) is 18.9 Å². The third kappa shape index (κ3) is 4.33. The van der Waals surface area contributed by atoms with Gasteiger partial charge in [0, 0.05) is 18.7 Å². The Balaban J connectivity index is 1.66. The molecule has 134 valence electrons. The standard InChI is InChI=1S/C20H23N5O/c1-3-16-10-12-18(13-11-16)20-21-23-25(22-20)15-19(26)24(4-2)14-17-8-6-5-7-9-17/h5-13H,3-4,14-15H2,1-2H3. The Kier molecular flexibility index (Phi) is 5.73. The van der Waals surface area contributed by atoms with Gasteiger partial charge in [0.25, 0.3) is 0 Å². The summed E-state index contributed by atoms with van der Waals surface area (Å²) in [5, 5.41) is 12.4. The molecule has 0 aliphatic heterocycles. The number of benzene rings is 2. The zero-order valence-corrected chi connectivity index (χ0v) is 15.2. The number of hydrogen-bond acceptors (Lipinski definition) is 4. The molecule has 0 aliphatic carbocycles. The van der Waals surface area contributed by atoms with Crippen molar-refractivity contribution in [2.75, 3.05) is 6.54 Å². The average molecular weight is 349 g/mol. The van der Waals surface area contributed by atoms with E-state index in [0.717, 1.165) is 17.5 Å². The summed E-state index contributed by atoms with van der Waals surface area (Å²) in [6.07, 6.45) is 0.989. The first-order valence-corrected chi connectivity index (χ1v) is 8.88. The van der Waals surface area contributed by atoms with Crippen LogP contribution in [0.4, 0.5) is 0 Å². The van der Waals surface area contributed by atoms with Crippen LogP contribution in [0.5, 0.6) is 0 Å². The molecule has 0 saturated heterocycles. The van der Waals surface area contributed by atoms with Crippen LogP contribution in [0.1, 0.15) is 25.0 Å². The molecule has 2 aromatic carbocycles. The lowest BCUT2D eigenvalue weighted by Gasteiger charge is -2.20. The number of rotatable bonds is 7. The van der Waals surface area contributed by atoms with Gasteiger partial charge in [-0.2, -0.15) is 4.80 Å². The number of likely N-dealkylation sites (N-methyl/N-ethyl adjacent to an activating group) is 1. The van der Waals surface area contributed by atoms with Gasteiger partial charge in [-0.3, -0.25) is 4.79 Å². The van der Waals surface area contributed by atoms with Crippen molar-refractivity contribution in [2.45, 2.75) is 33.4 Å². The fourth-order valence-electron chi connectivity index (χ4n) is 2.72. The summed E-state index contributed by atoms with van der Waals surface area (Å²) in [6, 6.07) is 18.0. The van der Waals surface area contributed by atoms with E-state index in [2.05, 4.69) is 34.5 Å². The molecule has 3 aromatic rings. The lowest BCUT2D eigenvalue weighted by molar-refractivity contribution is -0.132. The number of tetrazole rings is 1. The smallest absolute Gasteiger partial charge is 0.246 e. The summed E-state index contributed by atoms with van der Waals surface area (Å²) < 4.78 is 0. The van der Waals surface area contributed by atoms with E-state index < -0.39 is 0 Å². The van der Waals surface area contributed by atoms with Gasteiger partial charge < -0.3 is 4.90 Å². The van der Waals surface area contributed by atoms with Crippen LogP contribution in [0, 0.1) is 0 Å². The highest BCUT2D eigenvalue weighted by Crippen LogP contribution is 2.15. The van der Waals surface area contributed by atoms with Crippen molar-refractivity contribution in [1.29, 1.82) is 0 Å². The van der Waals surface area contributed by atoms with Gasteiger partial charge in [0.2, 0.25) is 11.7 Å². The zero-order chi connectivity index (χ0) is 18.4. The van der Waals surface area contributed by atoms with E-state index in [1.165, 1.54) is 10.4 Å². The first-order valence-electron chi connectivity index (χ1n) is 8.88. The van der Waals surface area contributed by atoms with Gasteiger partial charge in [-0.05, 0) is 29.7 Å². The number of nitrogens with zero attached hydrogens (tertiary/aromatic N) is 5. The molecule has 6 heteroatoms. The van der Waals surface area contributed by atoms with Crippen LogP contribution in [-0.4, -0.2) is 37.6 Å². The SMILES string of the molecule is CCc1ccc(-c2nnn(CC(=O)N(CC)Cc3ccccc3)n2)cc1. The largest absolute Gasteiger partial charge is 0.337 e. The summed E-state index contributed by atoms with van der Waals surface area (Å²) in [6.45, 7) is 5.38. The second kappa shape index (κ2) is 8.38. The topological polar surface area (TPSA) is 63.9 Å². The lowest BCUT2D eigenvalue weighted by atomic mass is 10.1. The Bertz CT molecular complexity index is 842. The molecular formula is C20H23N5O. The molecule has 0 bridgehead atoms. The predicted octanol–water partition coefficient (Wildman–Crippen LogP) is 2.95. The van der Waals surface area contributed by atoms with Crippen LogP contribution in [0.2, 0.25) is 0 Å². The van der Waals surface area contributed by atoms with Crippen LogP contribution in [0.15, 0.2) is 54.6 Å². The van der Waals surface area contributed by atoms with E-state index in [-0.39, 0.29) is 12.5 Å². The van der Waals surface area contributed by atoms with Gasteiger partial charge in [-0.25, -0.2) is 0 Å². The third-order valence-electron chi connectivity index (χ3n) is 4.30. The minimum Gasteiger partial charge on any atom is -0.337 e. The second-order valence-corrected chi connectivity index (χ2v) is 6.09. The first-order chi connectivity index (χ1) is 12.7. The molecular weight excluding hydrogens is 326 g/mol. The van der Waals surface area contributed by atoms with Gasteiger partial charge in [0.05, 0.1) is 0 Å². The Morgan fingerprint density at radius 1 is 1.00 bits per heavy atom. The van der Waals surface area contributed by atoms with Crippen molar-refractivity contribution in [3.8, 4) is 11.4 Å². The maximum absolute atomic E-state index is 12.6. The molecule has 0 atom stereocenters. The summed E-state index contributed by atoms with van der Waals surface area (Å²) >= 11 is 0. The molecule has 1 amide bonds. The van der Waals surface area contributed by atoms with Crippen LogP contribution < -0.4 is 0 Å². The molecule has 0 unspecified atom stereocenters. The number of carbonyl (C=O) groups excluding carboxylic acids is 1. The monoisotopic (exact) mass is 349 g/mol. The molecule has 0 aliphatic rings. The van der Waals surface area contributed by atoms with Gasteiger partial charge in [0.1, 0.15) is 6.54 Å². The summed E-state index contributed by atoms with van der Waals surface area (Å²) in [5.41, 5.74) is 3.26. The van der Waals surface area contributed by atoms with E-state index in [4.69, 9.17) is 0 Å². The van der Waals surface area contributed by atoms with Gasteiger partial charge in [-0.1, -0.05) is 61.5 Å². The first kappa shape index (κ1) is 17.8. The molecule has 1 aromatic heterocycles. The van der Waals surface area contributed by atoms with Crippen molar-refractivity contribution in [3.63, 3.8) is 0 Å². The number of hydrogen-bond donors (Lipinski definition) is 0. The maximum Gasteiger partial charge on any atom is 0.246 e. The van der Waals surface area contributed by atoms with Gasteiger partial charge in [-0.15, -0.1) is 10.2 Å². The molecule has 0 radical (unpaired) electrons. The molecule has 1 heterocycles. The Morgan fingerprint density at radius 3 is 2.38 bits per heavy atom. The molecule has 0 spiro atoms. The Labute approximate surface area is 153 Å². The lowest BCUT2D eigenvalue weighted by Crippen LogP contribution is -2.33.